The van der Waals surface area contributed by atoms with Crippen molar-refractivity contribution in [1.29, 1.82) is 0 Å². The van der Waals surface area contributed by atoms with Gasteiger partial charge in [-0.1, -0.05) is 61.9 Å². The Morgan fingerprint density at radius 2 is 2.00 bits per heavy atom. The van der Waals surface area contributed by atoms with E-state index in [1.807, 2.05) is 29.8 Å². The monoisotopic (exact) mass is 438 g/mol. The fraction of sp³-hybridized carbons (Fsp3) is 0.458. The number of nitrogens with zero attached hydrogens (tertiary/aromatic N) is 3. The van der Waals surface area contributed by atoms with Gasteiger partial charge in [0.05, 0.1) is 5.75 Å². The number of amides is 1. The first-order chi connectivity index (χ1) is 15.0. The van der Waals surface area contributed by atoms with Gasteiger partial charge in [-0.05, 0) is 48.1 Å². The highest BCUT2D eigenvalue weighted by molar-refractivity contribution is 7.99. The maximum Gasteiger partial charge on any atom is 0.230 e. The minimum absolute atomic E-state index is 0.0661. The van der Waals surface area contributed by atoms with Gasteiger partial charge in [0.25, 0.3) is 0 Å². The van der Waals surface area contributed by atoms with Crippen LogP contribution in [-0.4, -0.2) is 32.5 Å². The molecular weight excluding hydrogens is 408 g/mol. The summed E-state index contributed by atoms with van der Waals surface area (Å²) in [5.74, 6) is 2.55. The Hall–Kier alpha value is -2.54. The second kappa shape index (κ2) is 9.73. The third-order valence-corrected chi connectivity index (χ3v) is 7.24. The molecule has 1 aliphatic rings. The Labute approximate surface area is 187 Å². The number of nitrogens with one attached hydrogen (secondary N) is 1. The largest absolute Gasteiger partial charge is 0.485 e. The van der Waals surface area contributed by atoms with Crippen molar-refractivity contribution in [2.24, 2.45) is 13.0 Å². The average Bonchev–Trinajstić information content (AvgIpc) is 3.13. The molecule has 1 heterocycles. The zero-order valence-electron chi connectivity index (χ0n) is 18.4. The van der Waals surface area contributed by atoms with E-state index in [4.69, 9.17) is 4.74 Å². The third-order valence-electron chi connectivity index (χ3n) is 6.22. The fourth-order valence-electron chi connectivity index (χ4n) is 4.21. The van der Waals surface area contributed by atoms with Crippen LogP contribution in [0.25, 0.3) is 10.8 Å². The quantitative estimate of drug-likeness (QED) is 0.544. The van der Waals surface area contributed by atoms with Gasteiger partial charge in [0.2, 0.25) is 5.91 Å². The number of ether oxygens (including phenoxy) is 1. The second-order valence-corrected chi connectivity index (χ2v) is 9.32. The van der Waals surface area contributed by atoms with Crippen LogP contribution in [0, 0.1) is 12.8 Å². The molecule has 1 N–H and O–H groups in total. The Morgan fingerprint density at radius 1 is 1.19 bits per heavy atom. The standard InChI is InChI=1S/C24H30N4O2S/c1-16-8-4-7-11-20(16)25-23(29)15-31-24-27-26-22(28(24)3)14-30-21-13-12-18-9-5-6-10-19(18)17(21)2/h5-6,9-10,12-13,16,20H,4,7-8,11,14-15H2,1-3H3,(H,25,29). The normalized spacial score (nSPS) is 18.8. The van der Waals surface area contributed by atoms with Gasteiger partial charge in [0.15, 0.2) is 11.0 Å². The molecule has 2 aromatic carbocycles. The number of rotatable bonds is 7. The van der Waals surface area contributed by atoms with Gasteiger partial charge in [-0.15, -0.1) is 10.2 Å². The number of aryl methyl sites for hydroxylation is 1. The molecule has 0 saturated heterocycles. The van der Waals surface area contributed by atoms with Gasteiger partial charge < -0.3 is 14.6 Å². The first kappa shape index (κ1) is 21.7. The van der Waals surface area contributed by atoms with E-state index in [0.29, 0.717) is 24.3 Å². The van der Waals surface area contributed by atoms with E-state index in [-0.39, 0.29) is 5.91 Å². The van der Waals surface area contributed by atoms with Crippen LogP contribution in [-0.2, 0) is 18.4 Å². The van der Waals surface area contributed by atoms with Crippen LogP contribution in [0.5, 0.6) is 5.75 Å². The van der Waals surface area contributed by atoms with Crippen molar-refractivity contribution in [1.82, 2.24) is 20.1 Å². The molecule has 1 aromatic heterocycles. The van der Waals surface area contributed by atoms with Gasteiger partial charge in [-0.2, -0.15) is 0 Å². The van der Waals surface area contributed by atoms with Crippen LogP contribution in [0.4, 0.5) is 0 Å². The zero-order valence-corrected chi connectivity index (χ0v) is 19.2. The summed E-state index contributed by atoms with van der Waals surface area (Å²) in [6, 6.07) is 12.7. The fourth-order valence-corrected chi connectivity index (χ4v) is 4.95. The second-order valence-electron chi connectivity index (χ2n) is 8.38. The molecule has 2 unspecified atom stereocenters. The number of fused-ring (bicyclic) bond motifs is 1. The van der Waals surface area contributed by atoms with E-state index in [1.54, 1.807) is 0 Å². The molecule has 4 rings (SSSR count). The summed E-state index contributed by atoms with van der Waals surface area (Å²) in [5.41, 5.74) is 1.11. The first-order valence-electron chi connectivity index (χ1n) is 10.9. The van der Waals surface area contributed by atoms with E-state index in [1.165, 1.54) is 41.8 Å². The molecule has 0 radical (unpaired) electrons. The number of hydrogen-bond acceptors (Lipinski definition) is 5. The van der Waals surface area contributed by atoms with Crippen molar-refractivity contribution in [2.45, 2.75) is 57.3 Å². The highest BCUT2D eigenvalue weighted by Gasteiger charge is 2.23. The Morgan fingerprint density at radius 3 is 2.84 bits per heavy atom. The van der Waals surface area contributed by atoms with Gasteiger partial charge in [-0.3, -0.25) is 4.79 Å². The number of thioether (sulfide) groups is 1. The number of carbonyl (C=O) groups excluding carboxylic acids is 1. The molecule has 164 valence electrons. The molecule has 31 heavy (non-hydrogen) atoms. The predicted molar refractivity (Wildman–Crippen MR) is 124 cm³/mol. The van der Waals surface area contributed by atoms with Crippen LogP contribution in [0.15, 0.2) is 41.6 Å². The summed E-state index contributed by atoms with van der Waals surface area (Å²) in [5, 5.41) is 14.8. The van der Waals surface area contributed by atoms with Crippen LogP contribution < -0.4 is 10.1 Å². The molecule has 2 atom stereocenters. The highest BCUT2D eigenvalue weighted by Crippen LogP contribution is 2.28. The molecule has 0 bridgehead atoms. The van der Waals surface area contributed by atoms with Crippen molar-refractivity contribution >= 4 is 28.4 Å². The van der Waals surface area contributed by atoms with E-state index in [9.17, 15) is 4.79 Å². The summed E-state index contributed by atoms with van der Waals surface area (Å²) in [4.78, 5) is 12.4. The summed E-state index contributed by atoms with van der Waals surface area (Å²) >= 11 is 1.41. The van der Waals surface area contributed by atoms with Gasteiger partial charge in [0, 0.05) is 13.1 Å². The maximum absolute atomic E-state index is 12.4. The molecular formula is C24H30N4O2S. The van der Waals surface area contributed by atoms with Crippen molar-refractivity contribution in [3.63, 3.8) is 0 Å². The molecule has 6 nitrogen and oxygen atoms in total. The van der Waals surface area contributed by atoms with Crippen LogP contribution in [0.3, 0.4) is 0 Å². The Bertz CT molecular complexity index is 1060. The van der Waals surface area contributed by atoms with Gasteiger partial charge in [0.1, 0.15) is 12.4 Å². The smallest absolute Gasteiger partial charge is 0.230 e. The number of benzene rings is 2. The lowest BCUT2D eigenvalue weighted by molar-refractivity contribution is -0.119. The van der Waals surface area contributed by atoms with Crippen LogP contribution in [0.1, 0.15) is 44.0 Å². The lowest BCUT2D eigenvalue weighted by Crippen LogP contribution is -2.41. The number of hydrogen-bond donors (Lipinski definition) is 1. The summed E-state index contributed by atoms with van der Waals surface area (Å²) in [6.07, 6.45) is 4.75. The van der Waals surface area contributed by atoms with E-state index in [0.717, 1.165) is 28.7 Å². The number of carbonyl (C=O) groups is 1. The molecule has 1 aliphatic carbocycles. The van der Waals surface area contributed by atoms with Crippen molar-refractivity contribution in [3.8, 4) is 5.75 Å². The topological polar surface area (TPSA) is 69.0 Å². The first-order valence-corrected chi connectivity index (χ1v) is 11.9. The van der Waals surface area contributed by atoms with E-state index >= 15 is 0 Å². The molecule has 1 saturated carbocycles. The highest BCUT2D eigenvalue weighted by atomic mass is 32.2. The van der Waals surface area contributed by atoms with E-state index < -0.39 is 0 Å². The average molecular weight is 439 g/mol. The predicted octanol–water partition coefficient (Wildman–Crippen LogP) is 4.64. The SMILES string of the molecule is Cc1c(OCc2nnc(SCC(=O)NC3CCCCC3C)n2C)ccc2ccccc12. The summed E-state index contributed by atoms with van der Waals surface area (Å²) in [6.45, 7) is 4.62. The third kappa shape index (κ3) is 5.03. The Balaban J connectivity index is 1.33. The Kier molecular flexibility index (Phi) is 6.80. The van der Waals surface area contributed by atoms with Crippen LogP contribution in [0.2, 0.25) is 0 Å². The molecule has 1 fully saturated rings. The van der Waals surface area contributed by atoms with Crippen molar-refractivity contribution in [2.75, 3.05) is 5.75 Å². The van der Waals surface area contributed by atoms with E-state index in [2.05, 4.69) is 47.6 Å². The molecule has 0 spiro atoms. The maximum atomic E-state index is 12.4. The minimum atomic E-state index is 0.0661. The van der Waals surface area contributed by atoms with Gasteiger partial charge in [-0.25, -0.2) is 0 Å². The molecule has 7 heteroatoms. The molecule has 0 aliphatic heterocycles. The molecule has 3 aromatic rings. The minimum Gasteiger partial charge on any atom is -0.485 e. The summed E-state index contributed by atoms with van der Waals surface area (Å²) < 4.78 is 7.95. The van der Waals surface area contributed by atoms with Crippen LogP contribution >= 0.6 is 11.8 Å². The van der Waals surface area contributed by atoms with Crippen molar-refractivity contribution < 1.29 is 9.53 Å². The summed E-state index contributed by atoms with van der Waals surface area (Å²) in [7, 11) is 1.91. The van der Waals surface area contributed by atoms with Crippen molar-refractivity contribution in [3.05, 3.63) is 47.8 Å². The molecule has 1 amide bonds. The number of aromatic nitrogens is 3. The van der Waals surface area contributed by atoms with Gasteiger partial charge >= 0.3 is 0 Å². The lowest BCUT2D eigenvalue weighted by Gasteiger charge is -2.29. The zero-order chi connectivity index (χ0) is 21.8. The lowest BCUT2D eigenvalue weighted by atomic mass is 9.86.